The first-order valence-corrected chi connectivity index (χ1v) is 7.92. The molecule has 2 N–H and O–H groups in total. The molecule has 5 nitrogen and oxygen atoms in total. The molecule has 0 bridgehead atoms. The van der Waals surface area contributed by atoms with Crippen LogP contribution in [-0.2, 0) is 6.42 Å². The molecule has 5 heteroatoms. The van der Waals surface area contributed by atoms with Crippen LogP contribution in [0.25, 0.3) is 0 Å². The Morgan fingerprint density at radius 3 is 2.46 bits per heavy atom. The number of anilines is 1. The molecule has 0 aliphatic rings. The number of hydrogen-bond acceptors (Lipinski definition) is 3. The van der Waals surface area contributed by atoms with E-state index in [0.717, 1.165) is 5.56 Å². The molecule has 0 spiro atoms. The predicted molar refractivity (Wildman–Crippen MR) is 94.3 cm³/mol. The van der Waals surface area contributed by atoms with Gasteiger partial charge in [0.05, 0.1) is 6.61 Å². The minimum absolute atomic E-state index is 0.0533. The van der Waals surface area contributed by atoms with Crippen LogP contribution < -0.4 is 5.32 Å². The van der Waals surface area contributed by atoms with Crippen molar-refractivity contribution in [3.8, 4) is 0 Å². The van der Waals surface area contributed by atoms with Crippen LogP contribution in [0.1, 0.15) is 22.8 Å². The van der Waals surface area contributed by atoms with Crippen molar-refractivity contribution in [2.24, 2.45) is 0 Å². The van der Waals surface area contributed by atoms with Crippen molar-refractivity contribution in [3.05, 3.63) is 65.7 Å². The highest BCUT2D eigenvalue weighted by atomic mass is 16.3. The molecule has 0 aliphatic heterocycles. The van der Waals surface area contributed by atoms with Crippen LogP contribution in [0.3, 0.4) is 0 Å². The van der Waals surface area contributed by atoms with E-state index in [4.69, 9.17) is 0 Å². The largest absolute Gasteiger partial charge is 0.395 e. The van der Waals surface area contributed by atoms with Crippen LogP contribution >= 0.6 is 0 Å². The van der Waals surface area contributed by atoms with Crippen LogP contribution in [0.2, 0.25) is 0 Å². The number of nitrogens with zero attached hydrogens (tertiary/aromatic N) is 1. The summed E-state index contributed by atoms with van der Waals surface area (Å²) in [4.78, 5) is 25.4. The fraction of sp³-hybridized carbons (Fsp3) is 0.263. The number of aliphatic hydroxyl groups excluding tert-OH is 1. The van der Waals surface area contributed by atoms with Crippen molar-refractivity contribution in [1.82, 2.24) is 4.90 Å². The Morgan fingerprint density at radius 1 is 1.04 bits per heavy atom. The lowest BCUT2D eigenvalue weighted by Gasteiger charge is -2.22. The summed E-state index contributed by atoms with van der Waals surface area (Å²) >= 11 is 0. The Bertz CT molecular complexity index is 686. The zero-order chi connectivity index (χ0) is 17.4. The number of ketones is 1. The topological polar surface area (TPSA) is 69.6 Å². The van der Waals surface area contributed by atoms with E-state index in [0.29, 0.717) is 24.2 Å². The third kappa shape index (κ3) is 5.21. The van der Waals surface area contributed by atoms with E-state index in [2.05, 4.69) is 5.32 Å². The normalized spacial score (nSPS) is 10.2. The molecule has 2 rings (SSSR count). The van der Waals surface area contributed by atoms with Crippen LogP contribution in [-0.4, -0.2) is 41.5 Å². The highest BCUT2D eigenvalue weighted by molar-refractivity contribution is 5.96. The number of hydrogen-bond donors (Lipinski definition) is 2. The first-order chi connectivity index (χ1) is 11.6. The van der Waals surface area contributed by atoms with Crippen molar-refractivity contribution in [2.75, 3.05) is 25.0 Å². The SMILES string of the molecule is CC(=O)c1cccc(NC(=O)N(CCO)CCc2ccccc2)c1. The first kappa shape index (κ1) is 17.7. The van der Waals surface area contributed by atoms with Crippen molar-refractivity contribution in [2.45, 2.75) is 13.3 Å². The summed E-state index contributed by atoms with van der Waals surface area (Å²) in [6.45, 7) is 2.14. The maximum atomic E-state index is 12.4. The highest BCUT2D eigenvalue weighted by Crippen LogP contribution is 2.12. The van der Waals surface area contributed by atoms with Crippen molar-refractivity contribution in [1.29, 1.82) is 0 Å². The molecule has 2 aromatic rings. The second kappa shape index (κ2) is 8.84. The summed E-state index contributed by atoms with van der Waals surface area (Å²) in [6.07, 6.45) is 0.710. The molecule has 0 atom stereocenters. The minimum atomic E-state index is -0.291. The summed E-state index contributed by atoms with van der Waals surface area (Å²) in [6, 6.07) is 16.4. The predicted octanol–water partition coefficient (Wildman–Crippen LogP) is 2.96. The van der Waals surface area contributed by atoms with Crippen molar-refractivity contribution in [3.63, 3.8) is 0 Å². The van der Waals surface area contributed by atoms with Gasteiger partial charge in [0.15, 0.2) is 5.78 Å². The average Bonchev–Trinajstić information content (AvgIpc) is 2.59. The number of amides is 2. The molecule has 126 valence electrons. The number of Topliss-reactive ketones (excluding diaryl/α,β-unsaturated/α-hetero) is 1. The summed E-state index contributed by atoms with van der Waals surface area (Å²) < 4.78 is 0. The van der Waals surface area contributed by atoms with Gasteiger partial charge >= 0.3 is 6.03 Å². The van der Waals surface area contributed by atoms with Gasteiger partial charge in [-0.25, -0.2) is 4.79 Å². The zero-order valence-electron chi connectivity index (χ0n) is 13.7. The molecule has 0 unspecified atom stereocenters. The number of aliphatic hydroxyl groups is 1. The van der Waals surface area contributed by atoms with E-state index in [1.165, 1.54) is 6.92 Å². The van der Waals surface area contributed by atoms with Gasteiger partial charge in [-0.2, -0.15) is 0 Å². The molecule has 0 aromatic heterocycles. The van der Waals surface area contributed by atoms with Gasteiger partial charge in [0.1, 0.15) is 0 Å². The van der Waals surface area contributed by atoms with Crippen LogP contribution in [0.5, 0.6) is 0 Å². The Kier molecular flexibility index (Phi) is 6.51. The maximum Gasteiger partial charge on any atom is 0.321 e. The zero-order valence-corrected chi connectivity index (χ0v) is 13.7. The molecule has 0 fully saturated rings. The lowest BCUT2D eigenvalue weighted by molar-refractivity contribution is 0.101. The summed E-state index contributed by atoms with van der Waals surface area (Å²) in [5, 5.41) is 12.0. The monoisotopic (exact) mass is 326 g/mol. The third-order valence-electron chi connectivity index (χ3n) is 3.69. The molecule has 0 saturated heterocycles. The Balaban J connectivity index is 2.00. The van der Waals surface area contributed by atoms with E-state index in [1.807, 2.05) is 30.3 Å². The number of nitrogens with one attached hydrogen (secondary N) is 1. The molecule has 0 heterocycles. The van der Waals surface area contributed by atoms with Gasteiger partial charge in [-0.15, -0.1) is 0 Å². The van der Waals surface area contributed by atoms with E-state index < -0.39 is 0 Å². The van der Waals surface area contributed by atoms with Gasteiger partial charge in [-0.1, -0.05) is 42.5 Å². The molecular weight excluding hydrogens is 304 g/mol. The minimum Gasteiger partial charge on any atom is -0.395 e. The van der Waals surface area contributed by atoms with Crippen LogP contribution in [0.4, 0.5) is 10.5 Å². The molecule has 0 saturated carbocycles. The number of benzene rings is 2. The standard InChI is InChI=1S/C19H22N2O3/c1-15(23)17-8-5-9-18(14-17)20-19(24)21(12-13-22)11-10-16-6-3-2-4-7-16/h2-9,14,22H,10-13H2,1H3,(H,20,24). The number of carbonyl (C=O) groups is 2. The van der Waals surface area contributed by atoms with Crippen LogP contribution in [0, 0.1) is 0 Å². The number of carbonyl (C=O) groups excluding carboxylic acids is 2. The Hall–Kier alpha value is -2.66. The number of rotatable bonds is 7. The van der Waals surface area contributed by atoms with Gasteiger partial charge in [0.2, 0.25) is 0 Å². The van der Waals surface area contributed by atoms with E-state index >= 15 is 0 Å². The van der Waals surface area contributed by atoms with E-state index in [9.17, 15) is 14.7 Å². The molecule has 0 aliphatic carbocycles. The fourth-order valence-electron chi connectivity index (χ4n) is 2.36. The number of urea groups is 1. The molecule has 24 heavy (non-hydrogen) atoms. The van der Waals surface area contributed by atoms with Gasteiger partial charge < -0.3 is 15.3 Å². The second-order valence-electron chi connectivity index (χ2n) is 5.51. The van der Waals surface area contributed by atoms with Crippen LogP contribution in [0.15, 0.2) is 54.6 Å². The highest BCUT2D eigenvalue weighted by Gasteiger charge is 2.13. The van der Waals surface area contributed by atoms with Crippen molar-refractivity contribution >= 4 is 17.5 Å². The first-order valence-electron chi connectivity index (χ1n) is 7.92. The van der Waals surface area contributed by atoms with Gasteiger partial charge in [0.25, 0.3) is 0 Å². The summed E-state index contributed by atoms with van der Waals surface area (Å²) in [5.41, 5.74) is 2.24. The van der Waals surface area contributed by atoms with Crippen molar-refractivity contribution < 1.29 is 14.7 Å². The smallest absolute Gasteiger partial charge is 0.321 e. The van der Waals surface area contributed by atoms with Gasteiger partial charge in [0, 0.05) is 24.3 Å². The summed E-state index contributed by atoms with van der Waals surface area (Å²) in [7, 11) is 0. The average molecular weight is 326 g/mol. The Labute approximate surface area is 141 Å². The third-order valence-corrected chi connectivity index (χ3v) is 3.69. The fourth-order valence-corrected chi connectivity index (χ4v) is 2.36. The maximum absolute atomic E-state index is 12.4. The van der Waals surface area contributed by atoms with Gasteiger partial charge in [-0.05, 0) is 31.0 Å². The second-order valence-corrected chi connectivity index (χ2v) is 5.51. The molecular formula is C19H22N2O3. The lowest BCUT2D eigenvalue weighted by atomic mass is 10.1. The molecule has 2 aromatic carbocycles. The molecule has 0 radical (unpaired) electrons. The Morgan fingerprint density at radius 2 is 1.79 bits per heavy atom. The van der Waals surface area contributed by atoms with E-state index in [1.54, 1.807) is 29.2 Å². The lowest BCUT2D eigenvalue weighted by Crippen LogP contribution is -2.38. The molecule has 2 amide bonds. The van der Waals surface area contributed by atoms with E-state index in [-0.39, 0.29) is 25.0 Å². The van der Waals surface area contributed by atoms with Gasteiger partial charge in [-0.3, -0.25) is 4.79 Å². The quantitative estimate of drug-likeness (QED) is 0.769. The summed E-state index contributed by atoms with van der Waals surface area (Å²) in [5.74, 6) is -0.0533.